The number of rotatable bonds is 5. The largest absolute Gasteiger partial charge is 0.310 e. The summed E-state index contributed by atoms with van der Waals surface area (Å²) in [6.07, 6.45) is 2.77. The molecule has 1 aliphatic heterocycles. The molecule has 2 nitrogen and oxygen atoms in total. The summed E-state index contributed by atoms with van der Waals surface area (Å²) in [6.45, 7) is 13.8. The van der Waals surface area contributed by atoms with Crippen LogP contribution in [0.2, 0.25) is 0 Å². The van der Waals surface area contributed by atoms with Crippen molar-refractivity contribution in [3.8, 4) is 0 Å². The minimum atomic E-state index is 0.564. The molecule has 1 saturated heterocycles. The molecule has 1 aromatic heterocycles. The quantitative estimate of drug-likeness (QED) is 0.883. The molecular weight excluding hydrogens is 252 g/mol. The molecule has 1 unspecified atom stereocenters. The highest BCUT2D eigenvalue weighted by Crippen LogP contribution is 2.25. The fraction of sp³-hybridized carbons (Fsp3) is 0.750. The summed E-state index contributed by atoms with van der Waals surface area (Å²) < 4.78 is 0. The molecule has 0 spiro atoms. The monoisotopic (exact) mass is 280 g/mol. The van der Waals surface area contributed by atoms with Crippen LogP contribution in [0.4, 0.5) is 0 Å². The standard InChI is InChI=1S/C16H28N2S/c1-12(2)17-9-16-8-15(14(4)19-16)11-18-7-5-6-13(3)10-18/h8,12-13,17H,5-7,9-11H2,1-4H3. The number of thiophene rings is 1. The lowest BCUT2D eigenvalue weighted by atomic mass is 10.00. The third kappa shape index (κ3) is 4.59. The van der Waals surface area contributed by atoms with Crippen LogP contribution in [0, 0.1) is 12.8 Å². The van der Waals surface area contributed by atoms with E-state index >= 15 is 0 Å². The van der Waals surface area contributed by atoms with Crippen molar-refractivity contribution in [1.29, 1.82) is 0 Å². The molecule has 0 saturated carbocycles. The number of aryl methyl sites for hydroxylation is 1. The number of piperidine rings is 1. The van der Waals surface area contributed by atoms with Gasteiger partial charge >= 0.3 is 0 Å². The lowest BCUT2D eigenvalue weighted by molar-refractivity contribution is 0.176. The van der Waals surface area contributed by atoms with E-state index in [1.54, 1.807) is 5.56 Å². The van der Waals surface area contributed by atoms with Crippen molar-refractivity contribution in [2.75, 3.05) is 13.1 Å². The second-order valence-corrected chi connectivity index (χ2v) is 7.65. The molecular formula is C16H28N2S. The summed E-state index contributed by atoms with van der Waals surface area (Å²) in [4.78, 5) is 5.60. The fourth-order valence-corrected chi connectivity index (χ4v) is 3.81. The van der Waals surface area contributed by atoms with E-state index in [9.17, 15) is 0 Å². The Labute approximate surface area is 122 Å². The van der Waals surface area contributed by atoms with Gasteiger partial charge in [0.15, 0.2) is 0 Å². The number of hydrogen-bond donors (Lipinski definition) is 1. The van der Waals surface area contributed by atoms with Crippen molar-refractivity contribution in [1.82, 2.24) is 10.2 Å². The first-order chi connectivity index (χ1) is 9.04. The fourth-order valence-electron chi connectivity index (χ4n) is 2.81. The predicted octanol–water partition coefficient (Wildman–Crippen LogP) is 3.79. The van der Waals surface area contributed by atoms with Gasteiger partial charge in [0, 0.05) is 35.4 Å². The Morgan fingerprint density at radius 3 is 2.95 bits per heavy atom. The topological polar surface area (TPSA) is 15.3 Å². The summed E-state index contributed by atoms with van der Waals surface area (Å²) in [5, 5.41) is 3.51. The van der Waals surface area contributed by atoms with Gasteiger partial charge in [0.2, 0.25) is 0 Å². The smallest absolute Gasteiger partial charge is 0.0302 e. The first-order valence-electron chi connectivity index (χ1n) is 7.58. The van der Waals surface area contributed by atoms with Gasteiger partial charge in [-0.3, -0.25) is 4.90 Å². The first kappa shape index (κ1) is 15.0. The van der Waals surface area contributed by atoms with Crippen LogP contribution in [0.3, 0.4) is 0 Å². The van der Waals surface area contributed by atoms with Crippen LogP contribution < -0.4 is 5.32 Å². The molecule has 1 aliphatic rings. The Morgan fingerprint density at radius 1 is 1.47 bits per heavy atom. The Hall–Kier alpha value is -0.380. The van der Waals surface area contributed by atoms with Crippen LogP contribution in [0.5, 0.6) is 0 Å². The second-order valence-electron chi connectivity index (χ2n) is 6.31. The van der Waals surface area contributed by atoms with Crippen molar-refractivity contribution in [3.05, 3.63) is 21.4 Å². The molecule has 1 aromatic rings. The van der Waals surface area contributed by atoms with Crippen LogP contribution in [-0.4, -0.2) is 24.0 Å². The Bertz CT molecular complexity index is 397. The van der Waals surface area contributed by atoms with Crippen molar-refractivity contribution in [2.24, 2.45) is 5.92 Å². The Morgan fingerprint density at radius 2 is 2.26 bits per heavy atom. The van der Waals surface area contributed by atoms with Crippen LogP contribution >= 0.6 is 11.3 Å². The number of nitrogens with zero attached hydrogens (tertiary/aromatic N) is 1. The van der Waals surface area contributed by atoms with E-state index in [2.05, 4.69) is 44.0 Å². The minimum absolute atomic E-state index is 0.564. The van der Waals surface area contributed by atoms with Gasteiger partial charge in [-0.2, -0.15) is 0 Å². The van der Waals surface area contributed by atoms with Gasteiger partial charge in [0.05, 0.1) is 0 Å². The van der Waals surface area contributed by atoms with E-state index in [1.165, 1.54) is 35.7 Å². The van der Waals surface area contributed by atoms with Crippen LogP contribution in [0.25, 0.3) is 0 Å². The van der Waals surface area contributed by atoms with Crippen molar-refractivity contribution >= 4 is 11.3 Å². The summed E-state index contributed by atoms with van der Waals surface area (Å²) in [7, 11) is 0. The molecule has 0 bridgehead atoms. The van der Waals surface area contributed by atoms with E-state index in [0.717, 1.165) is 19.0 Å². The van der Waals surface area contributed by atoms with Crippen LogP contribution in [0.15, 0.2) is 6.07 Å². The molecule has 19 heavy (non-hydrogen) atoms. The highest BCUT2D eigenvalue weighted by molar-refractivity contribution is 7.12. The van der Waals surface area contributed by atoms with E-state index in [-0.39, 0.29) is 0 Å². The summed E-state index contributed by atoms with van der Waals surface area (Å²) in [5.41, 5.74) is 1.54. The molecule has 0 aliphatic carbocycles. The van der Waals surface area contributed by atoms with E-state index in [0.29, 0.717) is 6.04 Å². The van der Waals surface area contributed by atoms with Gasteiger partial charge in [-0.25, -0.2) is 0 Å². The van der Waals surface area contributed by atoms with Crippen molar-refractivity contribution in [2.45, 2.75) is 59.7 Å². The van der Waals surface area contributed by atoms with Crippen LogP contribution in [-0.2, 0) is 13.1 Å². The second kappa shape index (κ2) is 6.87. The zero-order valence-corrected chi connectivity index (χ0v) is 13.6. The van der Waals surface area contributed by atoms with E-state index < -0.39 is 0 Å². The van der Waals surface area contributed by atoms with Gasteiger partial charge in [0.1, 0.15) is 0 Å². The lowest BCUT2D eigenvalue weighted by Crippen LogP contribution is -2.33. The third-order valence-corrected chi connectivity index (χ3v) is 4.98. The highest BCUT2D eigenvalue weighted by Gasteiger charge is 2.17. The average molecular weight is 280 g/mol. The Kier molecular flexibility index (Phi) is 5.43. The molecule has 2 heterocycles. The number of nitrogens with one attached hydrogen (secondary N) is 1. The minimum Gasteiger partial charge on any atom is -0.310 e. The Balaban J connectivity index is 1.92. The molecule has 1 fully saturated rings. The maximum Gasteiger partial charge on any atom is 0.0302 e. The van der Waals surface area contributed by atoms with Gasteiger partial charge < -0.3 is 5.32 Å². The molecule has 1 N–H and O–H groups in total. The molecule has 2 rings (SSSR count). The zero-order chi connectivity index (χ0) is 13.8. The third-order valence-electron chi connectivity index (χ3n) is 3.89. The maximum absolute atomic E-state index is 3.51. The number of hydrogen-bond acceptors (Lipinski definition) is 3. The first-order valence-corrected chi connectivity index (χ1v) is 8.40. The summed E-state index contributed by atoms with van der Waals surface area (Å²) in [5.74, 6) is 0.870. The molecule has 108 valence electrons. The summed E-state index contributed by atoms with van der Waals surface area (Å²) in [6, 6.07) is 2.98. The molecule has 3 heteroatoms. The zero-order valence-electron chi connectivity index (χ0n) is 12.8. The van der Waals surface area contributed by atoms with Gasteiger partial charge in [-0.15, -0.1) is 11.3 Å². The highest BCUT2D eigenvalue weighted by atomic mass is 32.1. The van der Waals surface area contributed by atoms with Crippen molar-refractivity contribution in [3.63, 3.8) is 0 Å². The normalized spacial score (nSPS) is 21.2. The molecule has 0 amide bonds. The molecule has 1 atom stereocenters. The number of likely N-dealkylation sites (tertiary alicyclic amines) is 1. The summed E-state index contributed by atoms with van der Waals surface area (Å²) >= 11 is 1.96. The van der Waals surface area contributed by atoms with Gasteiger partial charge in [-0.1, -0.05) is 20.8 Å². The van der Waals surface area contributed by atoms with Gasteiger partial charge in [0.25, 0.3) is 0 Å². The SMILES string of the molecule is Cc1sc(CNC(C)C)cc1CN1CCCC(C)C1. The average Bonchev–Trinajstić information content (AvgIpc) is 2.68. The molecule has 0 radical (unpaired) electrons. The van der Waals surface area contributed by atoms with Gasteiger partial charge in [-0.05, 0) is 43.9 Å². The lowest BCUT2D eigenvalue weighted by Gasteiger charge is -2.30. The van der Waals surface area contributed by atoms with E-state index in [4.69, 9.17) is 0 Å². The maximum atomic E-state index is 3.51. The predicted molar refractivity (Wildman–Crippen MR) is 84.7 cm³/mol. The molecule has 0 aromatic carbocycles. The van der Waals surface area contributed by atoms with Crippen LogP contribution in [0.1, 0.15) is 48.9 Å². The van der Waals surface area contributed by atoms with E-state index in [1.807, 2.05) is 11.3 Å². The van der Waals surface area contributed by atoms with Crippen molar-refractivity contribution < 1.29 is 0 Å².